The monoisotopic (exact) mass is 289 g/mol. The lowest BCUT2D eigenvalue weighted by molar-refractivity contribution is 0.665. The van der Waals surface area contributed by atoms with Crippen molar-refractivity contribution in [2.45, 2.75) is 45.6 Å². The van der Waals surface area contributed by atoms with Crippen LogP contribution in [-0.4, -0.2) is 16.0 Å². The van der Waals surface area contributed by atoms with Crippen molar-refractivity contribution in [2.75, 3.05) is 5.32 Å². The normalized spacial score (nSPS) is 14.3. The van der Waals surface area contributed by atoms with Gasteiger partial charge in [-0.25, -0.2) is 4.98 Å². The smallest absolute Gasteiger partial charge is 0.257 e. The maximum atomic E-state index is 12.2. The minimum absolute atomic E-state index is 0.0213. The van der Waals surface area contributed by atoms with Crippen LogP contribution in [0, 0.1) is 0 Å². The highest BCUT2D eigenvalue weighted by Gasteiger charge is 2.15. The molecule has 1 aliphatic carbocycles. The van der Waals surface area contributed by atoms with Crippen LogP contribution in [0.3, 0.4) is 0 Å². The molecule has 0 aromatic carbocycles. The molecule has 0 bridgehead atoms. The van der Waals surface area contributed by atoms with E-state index in [0.717, 1.165) is 29.4 Å². The highest BCUT2D eigenvalue weighted by molar-refractivity contribution is 7.14. The fourth-order valence-corrected chi connectivity index (χ4v) is 3.43. The molecule has 0 atom stereocenters. The quantitative estimate of drug-likeness (QED) is 0.912. The van der Waals surface area contributed by atoms with Crippen molar-refractivity contribution in [3.63, 3.8) is 0 Å². The van der Waals surface area contributed by atoms with E-state index in [1.807, 2.05) is 11.4 Å². The third kappa shape index (κ3) is 2.63. The molecule has 0 fully saturated rings. The summed E-state index contributed by atoms with van der Waals surface area (Å²) in [5.74, 6) is 0. The molecule has 106 valence electrons. The van der Waals surface area contributed by atoms with E-state index in [1.165, 1.54) is 18.4 Å². The van der Waals surface area contributed by atoms with Crippen molar-refractivity contribution in [1.29, 1.82) is 0 Å². The first-order valence-electron chi connectivity index (χ1n) is 7.11. The van der Waals surface area contributed by atoms with E-state index in [1.54, 1.807) is 11.3 Å². The van der Waals surface area contributed by atoms with Gasteiger partial charge in [0.15, 0.2) is 5.13 Å². The van der Waals surface area contributed by atoms with Gasteiger partial charge in [0.1, 0.15) is 0 Å². The van der Waals surface area contributed by atoms with Gasteiger partial charge in [0.2, 0.25) is 0 Å². The van der Waals surface area contributed by atoms with Crippen LogP contribution >= 0.6 is 11.3 Å². The average molecular weight is 289 g/mol. The number of hydrogen-bond donors (Lipinski definition) is 2. The molecule has 1 aliphatic rings. The Morgan fingerprint density at radius 1 is 1.35 bits per heavy atom. The number of aromatic amines is 1. The van der Waals surface area contributed by atoms with Crippen molar-refractivity contribution in [2.24, 2.45) is 0 Å². The van der Waals surface area contributed by atoms with Gasteiger partial charge in [-0.15, -0.1) is 11.3 Å². The summed E-state index contributed by atoms with van der Waals surface area (Å²) in [5, 5.41) is 6.09. The van der Waals surface area contributed by atoms with Gasteiger partial charge >= 0.3 is 0 Å². The van der Waals surface area contributed by atoms with Gasteiger partial charge in [0, 0.05) is 17.1 Å². The second-order valence-electron chi connectivity index (χ2n) is 5.56. The van der Waals surface area contributed by atoms with Crippen molar-refractivity contribution >= 4 is 16.5 Å². The van der Waals surface area contributed by atoms with Crippen molar-refractivity contribution in [1.82, 2.24) is 9.97 Å². The Labute approximate surface area is 122 Å². The predicted molar refractivity (Wildman–Crippen MR) is 83.6 cm³/mol. The molecule has 0 spiro atoms. The minimum Gasteiger partial charge on any atom is -0.359 e. The number of aromatic nitrogens is 2. The van der Waals surface area contributed by atoms with Crippen molar-refractivity contribution in [3.05, 3.63) is 33.1 Å². The second kappa shape index (κ2) is 5.40. The SMILES string of the molecule is CC(C)Nc1nc(-c2cc3c([nH]c2=O)CCCC3)cs1. The molecule has 0 saturated heterocycles. The van der Waals surface area contributed by atoms with Gasteiger partial charge in [-0.1, -0.05) is 0 Å². The number of aryl methyl sites for hydroxylation is 2. The summed E-state index contributed by atoms with van der Waals surface area (Å²) in [6, 6.07) is 2.37. The minimum atomic E-state index is -0.0213. The van der Waals surface area contributed by atoms with Gasteiger partial charge in [0.05, 0.1) is 11.3 Å². The Bertz CT molecular complexity index is 672. The summed E-state index contributed by atoms with van der Waals surface area (Å²) >= 11 is 1.54. The third-order valence-corrected chi connectivity index (χ3v) is 4.30. The predicted octanol–water partition coefficient (Wildman–Crippen LogP) is 3.20. The standard InChI is InChI=1S/C15H19N3OS/c1-9(2)16-15-18-13(8-20-15)11-7-10-5-3-4-6-12(10)17-14(11)19/h7-9H,3-6H2,1-2H3,(H,16,18)(H,17,19). The van der Waals surface area contributed by atoms with Crippen LogP contribution in [0.4, 0.5) is 5.13 Å². The molecule has 2 aromatic rings. The number of pyridine rings is 1. The van der Waals surface area contributed by atoms with Crippen LogP contribution in [0.2, 0.25) is 0 Å². The first-order chi connectivity index (χ1) is 9.63. The number of hydrogen-bond acceptors (Lipinski definition) is 4. The maximum absolute atomic E-state index is 12.2. The zero-order chi connectivity index (χ0) is 14.1. The summed E-state index contributed by atoms with van der Waals surface area (Å²) in [4.78, 5) is 19.8. The van der Waals surface area contributed by atoms with Crippen LogP contribution in [0.15, 0.2) is 16.2 Å². The van der Waals surface area contributed by atoms with Crippen LogP contribution in [0.25, 0.3) is 11.3 Å². The number of nitrogens with one attached hydrogen (secondary N) is 2. The summed E-state index contributed by atoms with van der Waals surface area (Å²) in [6.45, 7) is 4.15. The summed E-state index contributed by atoms with van der Waals surface area (Å²) in [5.41, 5.74) is 3.83. The van der Waals surface area contributed by atoms with E-state index >= 15 is 0 Å². The van der Waals surface area contributed by atoms with Crippen LogP contribution in [0.5, 0.6) is 0 Å². The molecule has 0 aliphatic heterocycles. The number of anilines is 1. The van der Waals surface area contributed by atoms with E-state index in [-0.39, 0.29) is 5.56 Å². The molecule has 0 amide bonds. The average Bonchev–Trinajstić information content (AvgIpc) is 2.85. The number of nitrogens with zero attached hydrogens (tertiary/aromatic N) is 1. The van der Waals surface area contributed by atoms with Gasteiger partial charge in [0.25, 0.3) is 5.56 Å². The van der Waals surface area contributed by atoms with E-state index in [9.17, 15) is 4.79 Å². The van der Waals surface area contributed by atoms with Crippen LogP contribution in [-0.2, 0) is 12.8 Å². The zero-order valence-corrected chi connectivity index (χ0v) is 12.6. The molecule has 3 rings (SSSR count). The van der Waals surface area contributed by atoms with Crippen molar-refractivity contribution < 1.29 is 0 Å². The fourth-order valence-electron chi connectivity index (χ4n) is 2.58. The molecule has 0 saturated carbocycles. The highest BCUT2D eigenvalue weighted by atomic mass is 32.1. The Morgan fingerprint density at radius 2 is 2.15 bits per heavy atom. The third-order valence-electron chi connectivity index (χ3n) is 3.53. The summed E-state index contributed by atoms with van der Waals surface area (Å²) in [6.07, 6.45) is 4.42. The van der Waals surface area contributed by atoms with Gasteiger partial charge in [-0.3, -0.25) is 4.79 Å². The van der Waals surface area contributed by atoms with Gasteiger partial charge < -0.3 is 10.3 Å². The highest BCUT2D eigenvalue weighted by Crippen LogP contribution is 2.26. The molecular formula is C15H19N3OS. The Hall–Kier alpha value is -1.62. The maximum Gasteiger partial charge on any atom is 0.257 e. The summed E-state index contributed by atoms with van der Waals surface area (Å²) in [7, 11) is 0. The molecule has 20 heavy (non-hydrogen) atoms. The molecular weight excluding hydrogens is 270 g/mol. The molecule has 0 unspecified atom stereocenters. The van der Waals surface area contributed by atoms with Crippen molar-refractivity contribution in [3.8, 4) is 11.3 Å². The Kier molecular flexibility index (Phi) is 3.61. The zero-order valence-electron chi connectivity index (χ0n) is 11.8. The number of thiazole rings is 1. The topological polar surface area (TPSA) is 57.8 Å². The summed E-state index contributed by atoms with van der Waals surface area (Å²) < 4.78 is 0. The lowest BCUT2D eigenvalue weighted by Gasteiger charge is -2.15. The van der Waals surface area contributed by atoms with Gasteiger partial charge in [-0.2, -0.15) is 0 Å². The van der Waals surface area contributed by atoms with Crippen LogP contribution < -0.4 is 10.9 Å². The molecule has 4 nitrogen and oxygen atoms in total. The van der Waals surface area contributed by atoms with E-state index in [4.69, 9.17) is 0 Å². The first-order valence-corrected chi connectivity index (χ1v) is 7.99. The largest absolute Gasteiger partial charge is 0.359 e. The molecule has 2 N–H and O–H groups in total. The molecule has 5 heteroatoms. The Morgan fingerprint density at radius 3 is 2.95 bits per heavy atom. The Balaban J connectivity index is 1.97. The van der Waals surface area contributed by atoms with E-state index in [2.05, 4.69) is 29.1 Å². The van der Waals surface area contributed by atoms with Crippen LogP contribution in [0.1, 0.15) is 37.9 Å². The second-order valence-corrected chi connectivity index (χ2v) is 6.42. The van der Waals surface area contributed by atoms with E-state index < -0.39 is 0 Å². The lowest BCUT2D eigenvalue weighted by atomic mass is 9.94. The molecule has 0 radical (unpaired) electrons. The number of H-pyrrole nitrogens is 1. The molecule has 2 heterocycles. The molecule has 2 aromatic heterocycles. The van der Waals surface area contributed by atoms with Gasteiger partial charge in [-0.05, 0) is 51.2 Å². The lowest BCUT2D eigenvalue weighted by Crippen LogP contribution is -2.17. The number of fused-ring (bicyclic) bond motifs is 1. The number of rotatable bonds is 3. The first kappa shape index (κ1) is 13.4. The van der Waals surface area contributed by atoms with E-state index in [0.29, 0.717) is 11.6 Å². The fraction of sp³-hybridized carbons (Fsp3) is 0.467.